The van der Waals surface area contributed by atoms with Crippen molar-refractivity contribution in [3.8, 4) is 0 Å². The Morgan fingerprint density at radius 1 is 1.33 bits per heavy atom. The van der Waals surface area contributed by atoms with E-state index in [0.29, 0.717) is 12.2 Å². The first-order valence-corrected chi connectivity index (χ1v) is 6.05. The molecule has 3 nitrogen and oxygen atoms in total. The number of anilines is 1. The molecule has 90 valence electrons. The number of nitrogens with zero attached hydrogens (tertiary/aromatic N) is 1. The number of carbonyl (C=O) groups is 1. The lowest BCUT2D eigenvalue weighted by atomic mass is 9.74. The van der Waals surface area contributed by atoms with Gasteiger partial charge in [0.05, 0.1) is 0 Å². The Balaban J connectivity index is 1.75. The van der Waals surface area contributed by atoms with Crippen LogP contribution in [0.1, 0.15) is 22.6 Å². The second-order valence-electron chi connectivity index (χ2n) is 4.69. The van der Waals surface area contributed by atoms with Crippen molar-refractivity contribution >= 4 is 11.6 Å². The third-order valence-electron chi connectivity index (χ3n) is 3.47. The first-order valence-electron chi connectivity index (χ1n) is 6.05. The number of aromatic nitrogens is 1. The van der Waals surface area contributed by atoms with E-state index in [-0.39, 0.29) is 11.7 Å². The number of pyridine rings is 1. The molecule has 0 amide bonds. The summed E-state index contributed by atoms with van der Waals surface area (Å²) in [7, 11) is 0. The average molecular weight is 238 g/mol. The quantitative estimate of drug-likeness (QED) is 0.891. The molecule has 0 fully saturated rings. The number of rotatable bonds is 3. The zero-order chi connectivity index (χ0) is 12.5. The number of Topliss-reactive ketones (excluding diaryl/α,β-unsaturated/α-hetero) is 1. The van der Waals surface area contributed by atoms with E-state index < -0.39 is 0 Å². The lowest BCUT2D eigenvalue weighted by Crippen LogP contribution is -2.26. The molecule has 2 N–H and O–H groups in total. The van der Waals surface area contributed by atoms with Crippen LogP contribution in [0.2, 0.25) is 0 Å². The van der Waals surface area contributed by atoms with Crippen molar-refractivity contribution in [3.63, 3.8) is 0 Å². The van der Waals surface area contributed by atoms with Crippen molar-refractivity contribution in [3.05, 3.63) is 59.3 Å². The second-order valence-corrected chi connectivity index (χ2v) is 4.69. The molecule has 0 spiro atoms. The van der Waals surface area contributed by atoms with Crippen LogP contribution in [0.15, 0.2) is 42.6 Å². The number of ketones is 1. The van der Waals surface area contributed by atoms with E-state index in [1.165, 1.54) is 11.1 Å². The van der Waals surface area contributed by atoms with Gasteiger partial charge in [0.25, 0.3) is 0 Å². The molecule has 0 aliphatic heterocycles. The SMILES string of the molecule is Nc1cc(CC(=O)C2Cc3ccccc32)ccn1. The first kappa shape index (κ1) is 11.0. The van der Waals surface area contributed by atoms with Crippen LogP contribution in [0.25, 0.3) is 0 Å². The maximum absolute atomic E-state index is 12.2. The molecular weight excluding hydrogens is 224 g/mol. The highest BCUT2D eigenvalue weighted by molar-refractivity contribution is 5.90. The largest absolute Gasteiger partial charge is 0.384 e. The Hall–Kier alpha value is -2.16. The fourth-order valence-electron chi connectivity index (χ4n) is 2.47. The summed E-state index contributed by atoms with van der Waals surface area (Å²) in [5.74, 6) is 0.796. The van der Waals surface area contributed by atoms with Gasteiger partial charge in [0.2, 0.25) is 0 Å². The maximum atomic E-state index is 12.2. The molecule has 18 heavy (non-hydrogen) atoms. The van der Waals surface area contributed by atoms with Crippen molar-refractivity contribution in [1.29, 1.82) is 0 Å². The summed E-state index contributed by atoms with van der Waals surface area (Å²) in [5.41, 5.74) is 9.03. The van der Waals surface area contributed by atoms with E-state index in [0.717, 1.165) is 12.0 Å². The monoisotopic (exact) mass is 238 g/mol. The van der Waals surface area contributed by atoms with Gasteiger partial charge in [-0.2, -0.15) is 0 Å². The average Bonchev–Trinajstić information content (AvgIpc) is 2.30. The van der Waals surface area contributed by atoms with E-state index in [1.807, 2.05) is 24.3 Å². The number of hydrogen-bond acceptors (Lipinski definition) is 3. The van der Waals surface area contributed by atoms with Gasteiger partial charge in [-0.25, -0.2) is 4.98 Å². The van der Waals surface area contributed by atoms with Crippen LogP contribution in [0.3, 0.4) is 0 Å². The Morgan fingerprint density at radius 3 is 2.94 bits per heavy atom. The highest BCUT2D eigenvalue weighted by atomic mass is 16.1. The summed E-state index contributed by atoms with van der Waals surface area (Å²) in [5, 5.41) is 0. The van der Waals surface area contributed by atoms with Crippen LogP contribution in [-0.4, -0.2) is 10.8 Å². The molecule has 0 bridgehead atoms. The van der Waals surface area contributed by atoms with Crippen molar-refractivity contribution < 1.29 is 4.79 Å². The molecule has 1 heterocycles. The van der Waals surface area contributed by atoms with Crippen LogP contribution in [0.5, 0.6) is 0 Å². The molecule has 1 atom stereocenters. The Morgan fingerprint density at radius 2 is 2.17 bits per heavy atom. The highest BCUT2D eigenvalue weighted by Gasteiger charge is 2.31. The van der Waals surface area contributed by atoms with Gasteiger partial charge in [0.1, 0.15) is 11.6 Å². The van der Waals surface area contributed by atoms with Crippen molar-refractivity contribution in [1.82, 2.24) is 4.98 Å². The number of carbonyl (C=O) groups excluding carboxylic acids is 1. The predicted molar refractivity (Wildman–Crippen MR) is 70.2 cm³/mol. The van der Waals surface area contributed by atoms with Gasteiger partial charge in [-0.05, 0) is 35.2 Å². The zero-order valence-electron chi connectivity index (χ0n) is 9.97. The van der Waals surface area contributed by atoms with Crippen LogP contribution < -0.4 is 5.73 Å². The number of fused-ring (bicyclic) bond motifs is 1. The fraction of sp³-hybridized carbons (Fsp3) is 0.200. The van der Waals surface area contributed by atoms with Crippen molar-refractivity contribution in [2.45, 2.75) is 18.8 Å². The number of hydrogen-bond donors (Lipinski definition) is 1. The molecule has 1 aromatic heterocycles. The van der Waals surface area contributed by atoms with E-state index in [1.54, 1.807) is 12.3 Å². The molecule has 2 aromatic rings. The summed E-state index contributed by atoms with van der Waals surface area (Å²) < 4.78 is 0. The summed E-state index contributed by atoms with van der Waals surface area (Å²) in [4.78, 5) is 16.1. The molecule has 1 aliphatic rings. The molecule has 1 aliphatic carbocycles. The molecule has 0 saturated carbocycles. The van der Waals surface area contributed by atoms with E-state index in [4.69, 9.17) is 5.73 Å². The predicted octanol–water partition coefficient (Wildman–Crippen LogP) is 2.12. The lowest BCUT2D eigenvalue weighted by Gasteiger charge is -2.28. The Kier molecular flexibility index (Phi) is 2.59. The van der Waals surface area contributed by atoms with E-state index >= 15 is 0 Å². The lowest BCUT2D eigenvalue weighted by molar-refractivity contribution is -0.120. The summed E-state index contributed by atoms with van der Waals surface area (Å²) in [6.07, 6.45) is 2.95. The fourth-order valence-corrected chi connectivity index (χ4v) is 2.47. The number of nitrogens with two attached hydrogens (primary N) is 1. The highest BCUT2D eigenvalue weighted by Crippen LogP contribution is 2.36. The number of nitrogen functional groups attached to an aromatic ring is 1. The van der Waals surface area contributed by atoms with Gasteiger partial charge in [-0.3, -0.25) is 4.79 Å². The zero-order valence-corrected chi connectivity index (χ0v) is 9.97. The van der Waals surface area contributed by atoms with Crippen LogP contribution >= 0.6 is 0 Å². The number of benzene rings is 1. The minimum Gasteiger partial charge on any atom is -0.384 e. The molecule has 3 rings (SSSR count). The van der Waals surface area contributed by atoms with E-state index in [9.17, 15) is 4.79 Å². The first-order chi connectivity index (χ1) is 8.74. The topological polar surface area (TPSA) is 56.0 Å². The van der Waals surface area contributed by atoms with Crippen LogP contribution in [-0.2, 0) is 17.6 Å². The molecule has 0 radical (unpaired) electrons. The molecule has 3 heteroatoms. The Labute approximate surface area is 106 Å². The van der Waals surface area contributed by atoms with Crippen molar-refractivity contribution in [2.24, 2.45) is 0 Å². The third-order valence-corrected chi connectivity index (χ3v) is 3.47. The summed E-state index contributed by atoms with van der Waals surface area (Å²) in [6, 6.07) is 11.7. The smallest absolute Gasteiger partial charge is 0.145 e. The van der Waals surface area contributed by atoms with Gasteiger partial charge in [0, 0.05) is 18.5 Å². The van der Waals surface area contributed by atoms with Gasteiger partial charge < -0.3 is 5.73 Å². The van der Waals surface area contributed by atoms with Gasteiger partial charge in [-0.15, -0.1) is 0 Å². The van der Waals surface area contributed by atoms with Crippen molar-refractivity contribution in [2.75, 3.05) is 5.73 Å². The molecule has 1 unspecified atom stereocenters. The normalized spacial score (nSPS) is 16.8. The third kappa shape index (κ3) is 1.88. The molecule has 0 saturated heterocycles. The molecule has 1 aromatic carbocycles. The van der Waals surface area contributed by atoms with Gasteiger partial charge >= 0.3 is 0 Å². The summed E-state index contributed by atoms with van der Waals surface area (Å²) in [6.45, 7) is 0. The Bertz CT molecular complexity index is 607. The van der Waals surface area contributed by atoms with Gasteiger partial charge in [-0.1, -0.05) is 24.3 Å². The standard InChI is InChI=1S/C15H14N2O/c16-15-8-10(5-6-17-15)7-14(18)13-9-11-3-1-2-4-12(11)13/h1-6,8,13H,7,9H2,(H2,16,17). The minimum absolute atomic E-state index is 0.0654. The summed E-state index contributed by atoms with van der Waals surface area (Å²) >= 11 is 0. The van der Waals surface area contributed by atoms with E-state index in [2.05, 4.69) is 11.1 Å². The van der Waals surface area contributed by atoms with Crippen LogP contribution in [0.4, 0.5) is 5.82 Å². The van der Waals surface area contributed by atoms with Crippen LogP contribution in [0, 0.1) is 0 Å². The minimum atomic E-state index is 0.0654. The maximum Gasteiger partial charge on any atom is 0.145 e. The second kappa shape index (κ2) is 4.26. The van der Waals surface area contributed by atoms with Gasteiger partial charge in [0.15, 0.2) is 0 Å². The molecular formula is C15H14N2O.